The lowest BCUT2D eigenvalue weighted by Crippen LogP contribution is -2.51. The summed E-state index contributed by atoms with van der Waals surface area (Å²) < 4.78 is 5.32. The summed E-state index contributed by atoms with van der Waals surface area (Å²) in [4.78, 5) is 2.40. The Labute approximate surface area is 99.0 Å². The van der Waals surface area contributed by atoms with Crippen LogP contribution in [0.3, 0.4) is 0 Å². The number of hydrogen-bond donors (Lipinski definition) is 2. The van der Waals surface area contributed by atoms with Gasteiger partial charge in [-0.15, -0.1) is 0 Å². The second-order valence-electron chi connectivity index (χ2n) is 5.22. The van der Waals surface area contributed by atoms with Gasteiger partial charge in [-0.25, -0.2) is 0 Å². The Hall–Kier alpha value is -0.160. The molecule has 1 heterocycles. The quantitative estimate of drug-likeness (QED) is 0.696. The summed E-state index contributed by atoms with van der Waals surface area (Å²) in [5, 5.41) is 12.9. The van der Waals surface area contributed by atoms with Crippen LogP contribution >= 0.6 is 0 Å². The topological polar surface area (TPSA) is 44.7 Å². The fraction of sp³-hybridized carbons (Fsp3) is 1.00. The van der Waals surface area contributed by atoms with Crippen molar-refractivity contribution in [3.05, 3.63) is 0 Å². The highest BCUT2D eigenvalue weighted by molar-refractivity contribution is 4.85. The van der Waals surface area contributed by atoms with Crippen LogP contribution in [0, 0.1) is 0 Å². The van der Waals surface area contributed by atoms with E-state index in [0.717, 1.165) is 39.3 Å². The minimum atomic E-state index is -0.160. The van der Waals surface area contributed by atoms with Crippen LogP contribution in [0.1, 0.15) is 27.2 Å². The Bertz CT molecular complexity index is 193. The molecule has 1 unspecified atom stereocenters. The molecule has 4 nitrogen and oxygen atoms in total. The Morgan fingerprint density at radius 3 is 2.50 bits per heavy atom. The van der Waals surface area contributed by atoms with E-state index in [1.54, 1.807) is 0 Å². The first-order valence-corrected chi connectivity index (χ1v) is 6.24. The third-order valence-electron chi connectivity index (χ3n) is 3.07. The molecule has 0 bridgehead atoms. The lowest BCUT2D eigenvalue weighted by atomic mass is 9.97. The maximum absolute atomic E-state index is 9.46. The third-order valence-corrected chi connectivity index (χ3v) is 3.07. The van der Waals surface area contributed by atoms with Gasteiger partial charge in [0.15, 0.2) is 0 Å². The lowest BCUT2D eigenvalue weighted by molar-refractivity contribution is 0.0307. The highest BCUT2D eigenvalue weighted by atomic mass is 16.5. The maximum atomic E-state index is 9.46. The van der Waals surface area contributed by atoms with E-state index in [0.29, 0.717) is 6.04 Å². The Balaban J connectivity index is 2.31. The van der Waals surface area contributed by atoms with Crippen LogP contribution in [0.4, 0.5) is 0 Å². The third kappa shape index (κ3) is 4.78. The molecular formula is C12H26N2O2. The zero-order valence-electron chi connectivity index (χ0n) is 10.8. The van der Waals surface area contributed by atoms with E-state index >= 15 is 0 Å². The van der Waals surface area contributed by atoms with E-state index in [9.17, 15) is 5.11 Å². The van der Waals surface area contributed by atoms with Crippen LogP contribution in [-0.4, -0.2) is 61.0 Å². The van der Waals surface area contributed by atoms with Crippen molar-refractivity contribution in [1.82, 2.24) is 10.2 Å². The lowest BCUT2D eigenvalue weighted by Gasteiger charge is -2.34. The average molecular weight is 230 g/mol. The largest absolute Gasteiger partial charge is 0.394 e. The molecule has 2 N–H and O–H groups in total. The van der Waals surface area contributed by atoms with Gasteiger partial charge in [0, 0.05) is 31.2 Å². The van der Waals surface area contributed by atoms with Crippen LogP contribution < -0.4 is 5.32 Å². The predicted molar refractivity (Wildman–Crippen MR) is 65.6 cm³/mol. The van der Waals surface area contributed by atoms with E-state index in [-0.39, 0.29) is 12.1 Å². The Morgan fingerprint density at radius 2 is 2.00 bits per heavy atom. The highest BCUT2D eigenvalue weighted by Crippen LogP contribution is 2.12. The molecule has 1 atom stereocenters. The van der Waals surface area contributed by atoms with Crippen molar-refractivity contribution in [3.8, 4) is 0 Å². The first kappa shape index (κ1) is 13.9. The van der Waals surface area contributed by atoms with Gasteiger partial charge in [-0.05, 0) is 13.3 Å². The van der Waals surface area contributed by atoms with Crippen LogP contribution in [0.2, 0.25) is 0 Å². The number of aliphatic hydroxyl groups excluding tert-OH is 1. The van der Waals surface area contributed by atoms with Gasteiger partial charge in [0.25, 0.3) is 0 Å². The number of aliphatic hydroxyl groups is 1. The summed E-state index contributed by atoms with van der Waals surface area (Å²) in [7, 11) is 0. The van der Waals surface area contributed by atoms with Gasteiger partial charge in [-0.2, -0.15) is 0 Å². The Kier molecular flexibility index (Phi) is 5.69. The molecule has 0 aliphatic carbocycles. The summed E-state index contributed by atoms with van der Waals surface area (Å²) in [6, 6.07) is 0.404. The van der Waals surface area contributed by atoms with Crippen molar-refractivity contribution in [1.29, 1.82) is 0 Å². The van der Waals surface area contributed by atoms with Gasteiger partial charge in [0.2, 0.25) is 0 Å². The Morgan fingerprint density at radius 1 is 1.38 bits per heavy atom. The summed E-state index contributed by atoms with van der Waals surface area (Å²) in [6.07, 6.45) is 0.974. The molecule has 0 aromatic carbocycles. The normalized spacial score (nSPS) is 22.3. The molecular weight excluding hydrogens is 204 g/mol. The molecule has 1 aliphatic heterocycles. The van der Waals surface area contributed by atoms with E-state index in [1.165, 1.54) is 0 Å². The number of hydrogen-bond acceptors (Lipinski definition) is 4. The molecule has 0 radical (unpaired) electrons. The van der Waals surface area contributed by atoms with E-state index in [4.69, 9.17) is 4.74 Å². The van der Waals surface area contributed by atoms with Crippen LogP contribution in [0.5, 0.6) is 0 Å². The number of ether oxygens (including phenoxy) is 1. The van der Waals surface area contributed by atoms with Gasteiger partial charge in [0.1, 0.15) is 0 Å². The fourth-order valence-corrected chi connectivity index (χ4v) is 2.12. The monoisotopic (exact) mass is 230 g/mol. The van der Waals surface area contributed by atoms with Crippen LogP contribution in [0.15, 0.2) is 0 Å². The van der Waals surface area contributed by atoms with E-state index in [1.807, 2.05) is 0 Å². The van der Waals surface area contributed by atoms with Gasteiger partial charge < -0.3 is 15.2 Å². The smallest absolute Gasteiger partial charge is 0.0611 e. The number of morpholine rings is 1. The average Bonchev–Trinajstić information content (AvgIpc) is 2.27. The van der Waals surface area contributed by atoms with Crippen molar-refractivity contribution in [2.45, 2.75) is 38.8 Å². The molecule has 0 saturated carbocycles. The molecule has 1 rings (SSSR count). The standard InChI is InChI=1S/C12H26N2O2/c1-11(2)13-12(3,10-15)4-5-14-6-8-16-9-7-14/h11,13,15H,4-10H2,1-3H3. The molecule has 0 spiro atoms. The minimum Gasteiger partial charge on any atom is -0.394 e. The predicted octanol–water partition coefficient (Wildman–Crippen LogP) is 0.458. The number of nitrogens with zero attached hydrogens (tertiary/aromatic N) is 1. The second kappa shape index (κ2) is 6.55. The highest BCUT2D eigenvalue weighted by Gasteiger charge is 2.24. The van der Waals surface area contributed by atoms with Gasteiger partial charge >= 0.3 is 0 Å². The molecule has 1 fully saturated rings. The fourth-order valence-electron chi connectivity index (χ4n) is 2.12. The zero-order valence-corrected chi connectivity index (χ0v) is 10.8. The summed E-state index contributed by atoms with van der Waals surface area (Å²) >= 11 is 0. The molecule has 0 amide bonds. The van der Waals surface area contributed by atoms with Gasteiger partial charge in [0.05, 0.1) is 19.8 Å². The van der Waals surface area contributed by atoms with Crippen molar-refractivity contribution < 1.29 is 9.84 Å². The summed E-state index contributed by atoms with van der Waals surface area (Å²) in [5.74, 6) is 0. The van der Waals surface area contributed by atoms with Crippen molar-refractivity contribution in [2.24, 2.45) is 0 Å². The van der Waals surface area contributed by atoms with Gasteiger partial charge in [-0.1, -0.05) is 13.8 Å². The molecule has 1 saturated heterocycles. The SMILES string of the molecule is CC(C)NC(C)(CO)CCN1CCOCC1. The molecule has 16 heavy (non-hydrogen) atoms. The second-order valence-corrected chi connectivity index (χ2v) is 5.22. The minimum absolute atomic E-state index is 0.160. The van der Waals surface area contributed by atoms with Crippen LogP contribution in [0.25, 0.3) is 0 Å². The van der Waals surface area contributed by atoms with Crippen LogP contribution in [-0.2, 0) is 4.74 Å². The summed E-state index contributed by atoms with van der Waals surface area (Å²) in [6.45, 7) is 11.3. The van der Waals surface area contributed by atoms with Crippen molar-refractivity contribution in [3.63, 3.8) is 0 Å². The number of nitrogens with one attached hydrogen (secondary N) is 1. The van der Waals surface area contributed by atoms with Crippen molar-refractivity contribution >= 4 is 0 Å². The van der Waals surface area contributed by atoms with E-state index in [2.05, 4.69) is 31.0 Å². The first-order valence-electron chi connectivity index (χ1n) is 6.24. The molecule has 0 aromatic heterocycles. The van der Waals surface area contributed by atoms with Gasteiger partial charge in [-0.3, -0.25) is 4.90 Å². The molecule has 96 valence electrons. The van der Waals surface area contributed by atoms with Crippen molar-refractivity contribution in [2.75, 3.05) is 39.5 Å². The number of rotatable bonds is 6. The summed E-state index contributed by atoms with van der Waals surface area (Å²) in [5.41, 5.74) is -0.160. The molecule has 0 aromatic rings. The zero-order chi connectivity index (χ0) is 12.0. The molecule has 4 heteroatoms. The van der Waals surface area contributed by atoms with E-state index < -0.39 is 0 Å². The molecule has 1 aliphatic rings. The first-order chi connectivity index (χ1) is 7.56. The maximum Gasteiger partial charge on any atom is 0.0611 e.